The largest absolute Gasteiger partial charge is 0.508 e. The lowest BCUT2D eigenvalue weighted by Crippen LogP contribution is -2.00. The van der Waals surface area contributed by atoms with Gasteiger partial charge in [0.25, 0.3) is 0 Å². The van der Waals surface area contributed by atoms with Gasteiger partial charge in [0.05, 0.1) is 10.2 Å². The van der Waals surface area contributed by atoms with E-state index < -0.39 is 0 Å². The standard InChI is InChI=1S/C20H13NO3S/c22-14-8-11-18-17(12-14)21-20(25-18)19(23)13-6-9-16(10-7-13)24-15-4-2-1-3-5-15/h1-12,22H. The third kappa shape index (κ3) is 3.22. The molecule has 1 aromatic heterocycles. The topological polar surface area (TPSA) is 59.4 Å². The molecule has 4 aromatic rings. The van der Waals surface area contributed by atoms with Crippen LogP contribution in [-0.2, 0) is 0 Å². The van der Waals surface area contributed by atoms with Crippen LogP contribution in [0.15, 0.2) is 72.8 Å². The van der Waals surface area contributed by atoms with Crippen LogP contribution in [0.2, 0.25) is 0 Å². The number of phenolic OH excluding ortho intramolecular Hbond substituents is 1. The number of carbonyl (C=O) groups is 1. The van der Waals surface area contributed by atoms with E-state index in [0.29, 0.717) is 21.8 Å². The van der Waals surface area contributed by atoms with Gasteiger partial charge in [0.15, 0.2) is 5.01 Å². The SMILES string of the molecule is O=C(c1ccc(Oc2ccccc2)cc1)c1nc2cc(O)ccc2s1. The smallest absolute Gasteiger partial charge is 0.221 e. The maximum atomic E-state index is 12.6. The summed E-state index contributed by atoms with van der Waals surface area (Å²) in [4.78, 5) is 16.9. The molecule has 0 unspecified atom stereocenters. The molecular formula is C20H13NO3S. The number of benzene rings is 3. The van der Waals surface area contributed by atoms with Crippen LogP contribution in [0.25, 0.3) is 10.2 Å². The monoisotopic (exact) mass is 347 g/mol. The third-order valence-corrected chi connectivity index (χ3v) is 4.70. The van der Waals surface area contributed by atoms with Crippen LogP contribution in [0, 0.1) is 0 Å². The second-order valence-electron chi connectivity index (χ2n) is 5.44. The molecule has 3 aromatic carbocycles. The summed E-state index contributed by atoms with van der Waals surface area (Å²) < 4.78 is 6.59. The van der Waals surface area contributed by atoms with Crippen LogP contribution in [0.3, 0.4) is 0 Å². The number of carbonyl (C=O) groups excluding carboxylic acids is 1. The van der Waals surface area contributed by atoms with Crippen LogP contribution < -0.4 is 4.74 Å². The number of rotatable bonds is 4. The van der Waals surface area contributed by atoms with Crippen molar-refractivity contribution < 1.29 is 14.6 Å². The molecule has 4 nitrogen and oxygen atoms in total. The van der Waals surface area contributed by atoms with Gasteiger partial charge >= 0.3 is 0 Å². The first-order valence-electron chi connectivity index (χ1n) is 7.66. The Balaban J connectivity index is 1.57. The number of aromatic hydroxyl groups is 1. The van der Waals surface area contributed by atoms with Gasteiger partial charge in [-0.15, -0.1) is 11.3 Å². The molecule has 0 amide bonds. The third-order valence-electron chi connectivity index (χ3n) is 3.66. The quantitative estimate of drug-likeness (QED) is 0.526. The molecule has 0 atom stereocenters. The first-order chi connectivity index (χ1) is 12.2. The Kier molecular flexibility index (Phi) is 3.91. The summed E-state index contributed by atoms with van der Waals surface area (Å²) in [5.41, 5.74) is 1.17. The van der Waals surface area contributed by atoms with Crippen LogP contribution in [-0.4, -0.2) is 15.9 Å². The highest BCUT2D eigenvalue weighted by molar-refractivity contribution is 7.20. The number of ether oxygens (including phenoxy) is 1. The molecule has 0 aliphatic carbocycles. The first-order valence-corrected chi connectivity index (χ1v) is 8.48. The van der Waals surface area contributed by atoms with Gasteiger partial charge in [0, 0.05) is 11.6 Å². The zero-order chi connectivity index (χ0) is 17.2. The minimum absolute atomic E-state index is 0.138. The molecule has 0 saturated heterocycles. The average Bonchev–Trinajstić information content (AvgIpc) is 3.06. The van der Waals surface area contributed by atoms with Crippen LogP contribution in [0.4, 0.5) is 0 Å². The maximum absolute atomic E-state index is 12.6. The predicted molar refractivity (Wildman–Crippen MR) is 97.7 cm³/mol. The fourth-order valence-electron chi connectivity index (χ4n) is 2.44. The second-order valence-corrected chi connectivity index (χ2v) is 6.47. The Labute approximate surface area is 148 Å². The van der Waals surface area contributed by atoms with E-state index in [1.54, 1.807) is 42.5 Å². The van der Waals surface area contributed by atoms with Gasteiger partial charge < -0.3 is 9.84 Å². The molecule has 5 heteroatoms. The fraction of sp³-hybridized carbons (Fsp3) is 0. The van der Waals surface area contributed by atoms with E-state index in [2.05, 4.69) is 4.98 Å². The molecule has 1 heterocycles. The van der Waals surface area contributed by atoms with Crippen molar-refractivity contribution in [2.75, 3.05) is 0 Å². The van der Waals surface area contributed by atoms with Gasteiger partial charge in [0.1, 0.15) is 17.2 Å². The Morgan fingerprint density at radius 1 is 0.920 bits per heavy atom. The molecule has 0 spiro atoms. The Morgan fingerprint density at radius 3 is 2.40 bits per heavy atom. The van der Waals surface area contributed by atoms with E-state index in [1.807, 2.05) is 30.3 Å². The molecule has 4 rings (SSSR count). The predicted octanol–water partition coefficient (Wildman–Crippen LogP) is 5.03. The number of thiazole rings is 1. The van der Waals surface area contributed by atoms with Crippen molar-refractivity contribution in [1.29, 1.82) is 0 Å². The number of phenols is 1. The van der Waals surface area contributed by atoms with E-state index in [0.717, 1.165) is 10.4 Å². The highest BCUT2D eigenvalue weighted by Gasteiger charge is 2.15. The number of para-hydroxylation sites is 1. The molecule has 1 N–H and O–H groups in total. The van der Waals surface area contributed by atoms with E-state index in [1.165, 1.54) is 11.3 Å². The molecule has 0 fully saturated rings. The molecule has 0 aliphatic rings. The Bertz CT molecular complexity index is 1040. The summed E-state index contributed by atoms with van der Waals surface area (Å²) in [7, 11) is 0. The van der Waals surface area contributed by atoms with Crippen LogP contribution in [0.1, 0.15) is 15.4 Å². The second kappa shape index (κ2) is 6.37. The van der Waals surface area contributed by atoms with E-state index >= 15 is 0 Å². The van der Waals surface area contributed by atoms with Gasteiger partial charge in [-0.05, 0) is 48.5 Å². The molecule has 0 aliphatic heterocycles. The van der Waals surface area contributed by atoms with Crippen molar-refractivity contribution in [1.82, 2.24) is 4.98 Å². The lowest BCUT2D eigenvalue weighted by atomic mass is 10.1. The van der Waals surface area contributed by atoms with Crippen LogP contribution in [0.5, 0.6) is 17.2 Å². The van der Waals surface area contributed by atoms with Crippen molar-refractivity contribution >= 4 is 27.3 Å². The van der Waals surface area contributed by atoms with E-state index in [-0.39, 0.29) is 11.5 Å². The van der Waals surface area contributed by atoms with Crippen LogP contribution >= 0.6 is 11.3 Å². The summed E-state index contributed by atoms with van der Waals surface area (Å²) in [6.07, 6.45) is 0. The highest BCUT2D eigenvalue weighted by Crippen LogP contribution is 2.28. The number of nitrogens with zero attached hydrogens (tertiary/aromatic N) is 1. The zero-order valence-electron chi connectivity index (χ0n) is 13.0. The van der Waals surface area contributed by atoms with Crippen molar-refractivity contribution in [2.45, 2.75) is 0 Å². The number of ketones is 1. The molecule has 0 bridgehead atoms. The summed E-state index contributed by atoms with van der Waals surface area (Å²) in [6.45, 7) is 0. The van der Waals surface area contributed by atoms with Gasteiger partial charge in [0.2, 0.25) is 5.78 Å². The number of aromatic nitrogens is 1. The molecular weight excluding hydrogens is 334 g/mol. The molecule has 0 saturated carbocycles. The van der Waals surface area contributed by atoms with Gasteiger partial charge in [-0.2, -0.15) is 0 Å². The Hall–Kier alpha value is -3.18. The first kappa shape index (κ1) is 15.4. The van der Waals surface area contributed by atoms with Crippen molar-refractivity contribution in [3.8, 4) is 17.2 Å². The summed E-state index contributed by atoms with van der Waals surface area (Å²) >= 11 is 1.31. The Morgan fingerprint density at radius 2 is 1.64 bits per heavy atom. The highest BCUT2D eigenvalue weighted by atomic mass is 32.1. The summed E-state index contributed by atoms with van der Waals surface area (Å²) in [5, 5.41) is 9.91. The van der Waals surface area contributed by atoms with Gasteiger partial charge in [-0.1, -0.05) is 18.2 Å². The number of fused-ring (bicyclic) bond motifs is 1. The van der Waals surface area contributed by atoms with Crippen molar-refractivity contribution in [3.05, 3.63) is 83.4 Å². The minimum atomic E-state index is -0.146. The number of hydrogen-bond acceptors (Lipinski definition) is 5. The average molecular weight is 347 g/mol. The molecule has 122 valence electrons. The van der Waals surface area contributed by atoms with Crippen molar-refractivity contribution in [2.24, 2.45) is 0 Å². The summed E-state index contributed by atoms with van der Waals surface area (Å²) in [5.74, 6) is 1.40. The van der Waals surface area contributed by atoms with Gasteiger partial charge in [-0.25, -0.2) is 4.98 Å². The zero-order valence-corrected chi connectivity index (χ0v) is 13.9. The number of hydrogen-bond donors (Lipinski definition) is 1. The maximum Gasteiger partial charge on any atom is 0.221 e. The van der Waals surface area contributed by atoms with E-state index in [9.17, 15) is 9.90 Å². The molecule has 0 radical (unpaired) electrons. The van der Waals surface area contributed by atoms with Crippen molar-refractivity contribution in [3.63, 3.8) is 0 Å². The fourth-order valence-corrected chi connectivity index (χ4v) is 3.34. The normalized spacial score (nSPS) is 10.7. The van der Waals surface area contributed by atoms with E-state index in [4.69, 9.17) is 4.74 Å². The molecule has 25 heavy (non-hydrogen) atoms. The lowest BCUT2D eigenvalue weighted by Gasteiger charge is -2.05. The summed E-state index contributed by atoms with van der Waals surface area (Å²) in [6, 6.07) is 21.3. The minimum Gasteiger partial charge on any atom is -0.508 e. The lowest BCUT2D eigenvalue weighted by molar-refractivity contribution is 0.103. The van der Waals surface area contributed by atoms with Gasteiger partial charge in [-0.3, -0.25) is 4.79 Å².